The second kappa shape index (κ2) is 10.4. The van der Waals surface area contributed by atoms with Crippen molar-refractivity contribution in [1.29, 1.82) is 0 Å². The van der Waals surface area contributed by atoms with E-state index in [9.17, 15) is 25.0 Å². The van der Waals surface area contributed by atoms with Crippen molar-refractivity contribution in [1.82, 2.24) is 5.43 Å². The average molecular weight is 434 g/mol. The molecule has 10 heteroatoms. The second-order valence-electron chi connectivity index (χ2n) is 6.61. The molecule has 0 aromatic heterocycles. The highest BCUT2D eigenvalue weighted by atomic mass is 16.6. The van der Waals surface area contributed by atoms with E-state index in [1.165, 1.54) is 12.3 Å². The minimum Gasteiger partial charge on any atom is -0.488 e. The van der Waals surface area contributed by atoms with E-state index in [0.29, 0.717) is 17.9 Å². The molecule has 162 valence electrons. The van der Waals surface area contributed by atoms with Crippen LogP contribution in [0.3, 0.4) is 0 Å². The van der Waals surface area contributed by atoms with Crippen LogP contribution < -0.4 is 10.2 Å². The van der Waals surface area contributed by atoms with E-state index in [-0.39, 0.29) is 12.0 Å². The summed E-state index contributed by atoms with van der Waals surface area (Å²) in [7, 11) is 0. The van der Waals surface area contributed by atoms with Crippen molar-refractivity contribution in [2.75, 3.05) is 0 Å². The van der Waals surface area contributed by atoms with Gasteiger partial charge in [0, 0.05) is 17.2 Å². The van der Waals surface area contributed by atoms with Crippen molar-refractivity contribution in [3.63, 3.8) is 0 Å². The highest BCUT2D eigenvalue weighted by Gasteiger charge is 2.21. The molecule has 3 aromatic rings. The van der Waals surface area contributed by atoms with E-state index in [0.717, 1.165) is 17.7 Å². The summed E-state index contributed by atoms with van der Waals surface area (Å²) in [6.07, 6.45) is 1.04. The van der Waals surface area contributed by atoms with E-state index in [4.69, 9.17) is 4.74 Å². The predicted octanol–water partition coefficient (Wildman–Crippen LogP) is 3.77. The number of hydrogen-bond acceptors (Lipinski definition) is 7. The van der Waals surface area contributed by atoms with Gasteiger partial charge >= 0.3 is 0 Å². The largest absolute Gasteiger partial charge is 0.488 e. The van der Waals surface area contributed by atoms with Gasteiger partial charge in [-0.3, -0.25) is 25.0 Å². The van der Waals surface area contributed by atoms with Crippen molar-refractivity contribution in [2.24, 2.45) is 5.10 Å². The molecular formula is C22H18N4O6. The first kappa shape index (κ1) is 22.1. The molecular weight excluding hydrogens is 416 g/mol. The first-order valence-corrected chi connectivity index (χ1v) is 9.43. The summed E-state index contributed by atoms with van der Waals surface area (Å²) in [6.45, 7) is 0.363. The van der Waals surface area contributed by atoms with Crippen LogP contribution in [0, 0.1) is 20.2 Å². The molecule has 0 heterocycles. The maximum Gasteiger partial charge on any atom is 0.279 e. The zero-order valence-corrected chi connectivity index (χ0v) is 16.7. The molecule has 3 aromatic carbocycles. The van der Waals surface area contributed by atoms with Gasteiger partial charge in [-0.25, -0.2) is 5.43 Å². The van der Waals surface area contributed by atoms with Gasteiger partial charge in [-0.15, -0.1) is 0 Å². The van der Waals surface area contributed by atoms with Gasteiger partial charge in [0.1, 0.15) is 12.4 Å². The molecule has 10 nitrogen and oxygen atoms in total. The minimum absolute atomic E-state index is 0.0416. The number of nitrogens with zero attached hydrogens (tertiary/aromatic N) is 3. The summed E-state index contributed by atoms with van der Waals surface area (Å²) in [6, 6.07) is 19.9. The van der Waals surface area contributed by atoms with Crippen LogP contribution in [0.1, 0.15) is 16.7 Å². The molecule has 0 aliphatic rings. The maximum atomic E-state index is 12.2. The van der Waals surface area contributed by atoms with Crippen LogP contribution in [0.2, 0.25) is 0 Å². The fraction of sp³-hybridized carbons (Fsp3) is 0.0909. The smallest absolute Gasteiger partial charge is 0.279 e. The summed E-state index contributed by atoms with van der Waals surface area (Å²) < 4.78 is 5.82. The summed E-state index contributed by atoms with van der Waals surface area (Å²) in [4.78, 5) is 32.7. The van der Waals surface area contributed by atoms with Crippen LogP contribution >= 0.6 is 0 Å². The quantitative estimate of drug-likeness (QED) is 0.309. The Hall–Kier alpha value is -4.60. The minimum atomic E-state index is -0.765. The Morgan fingerprint density at radius 1 is 0.969 bits per heavy atom. The molecule has 3 rings (SSSR count). The number of nitro benzene ring substituents is 2. The first-order valence-electron chi connectivity index (χ1n) is 9.43. The van der Waals surface area contributed by atoms with Crippen LogP contribution in [-0.4, -0.2) is 22.0 Å². The lowest BCUT2D eigenvalue weighted by Crippen LogP contribution is -2.20. The molecule has 0 fully saturated rings. The van der Waals surface area contributed by atoms with E-state index in [1.807, 2.05) is 36.4 Å². The van der Waals surface area contributed by atoms with Crippen LogP contribution in [0.25, 0.3) is 0 Å². The second-order valence-corrected chi connectivity index (χ2v) is 6.61. The molecule has 0 aliphatic heterocycles. The predicted molar refractivity (Wildman–Crippen MR) is 116 cm³/mol. The Balaban J connectivity index is 1.64. The zero-order chi connectivity index (χ0) is 22.9. The lowest BCUT2D eigenvalue weighted by Gasteiger charge is -2.09. The van der Waals surface area contributed by atoms with E-state index < -0.39 is 27.1 Å². The molecule has 0 spiro atoms. The van der Waals surface area contributed by atoms with Crippen LogP contribution in [0.4, 0.5) is 11.4 Å². The maximum absolute atomic E-state index is 12.2. The number of non-ortho nitro benzene ring substituents is 1. The Morgan fingerprint density at radius 2 is 1.69 bits per heavy atom. The lowest BCUT2D eigenvalue weighted by molar-refractivity contribution is -0.394. The van der Waals surface area contributed by atoms with Gasteiger partial charge in [0.05, 0.1) is 28.5 Å². The number of para-hydroxylation sites is 1. The number of rotatable bonds is 9. The number of carbonyl (C=O) groups is 1. The van der Waals surface area contributed by atoms with E-state index in [2.05, 4.69) is 10.5 Å². The Labute approximate surface area is 182 Å². The van der Waals surface area contributed by atoms with Crippen LogP contribution in [-0.2, 0) is 17.8 Å². The number of nitro groups is 2. The number of amides is 1. The van der Waals surface area contributed by atoms with Gasteiger partial charge < -0.3 is 4.74 Å². The van der Waals surface area contributed by atoms with Gasteiger partial charge in [0.2, 0.25) is 5.91 Å². The SMILES string of the molecule is O=C(Cc1ccc([N+](=O)[O-])cc1[N+](=O)[O-])N/N=C/c1ccccc1OCc1ccccc1. The Bertz CT molecular complexity index is 1160. The monoisotopic (exact) mass is 434 g/mol. The van der Waals surface area contributed by atoms with Gasteiger partial charge in [-0.2, -0.15) is 5.10 Å². The van der Waals surface area contributed by atoms with Crippen LogP contribution in [0.15, 0.2) is 77.9 Å². The summed E-state index contributed by atoms with van der Waals surface area (Å²) in [5, 5.41) is 25.9. The molecule has 1 N–H and O–H groups in total. The van der Waals surface area contributed by atoms with Crippen molar-refractivity contribution >= 4 is 23.5 Å². The number of carbonyl (C=O) groups excluding carboxylic acids is 1. The highest BCUT2D eigenvalue weighted by molar-refractivity contribution is 5.86. The van der Waals surface area contributed by atoms with Crippen LogP contribution in [0.5, 0.6) is 5.75 Å². The molecule has 1 amide bonds. The summed E-state index contributed by atoms with van der Waals surface area (Å²) >= 11 is 0. The fourth-order valence-corrected chi connectivity index (χ4v) is 2.83. The highest BCUT2D eigenvalue weighted by Crippen LogP contribution is 2.25. The number of hydrogen-bond donors (Lipinski definition) is 1. The van der Waals surface area contributed by atoms with Gasteiger partial charge in [0.15, 0.2) is 0 Å². The molecule has 0 atom stereocenters. The van der Waals surface area contributed by atoms with E-state index >= 15 is 0 Å². The Morgan fingerprint density at radius 3 is 2.41 bits per heavy atom. The topological polar surface area (TPSA) is 137 Å². The van der Waals surface area contributed by atoms with Gasteiger partial charge in [0.25, 0.3) is 11.4 Å². The molecule has 0 saturated carbocycles. The third kappa shape index (κ3) is 5.95. The summed E-state index contributed by atoms with van der Waals surface area (Å²) in [5.41, 5.74) is 3.04. The lowest BCUT2D eigenvalue weighted by atomic mass is 10.1. The molecule has 0 radical (unpaired) electrons. The normalized spacial score (nSPS) is 10.6. The first-order chi connectivity index (χ1) is 15.4. The van der Waals surface area contributed by atoms with Crippen molar-refractivity contribution in [2.45, 2.75) is 13.0 Å². The molecule has 0 unspecified atom stereocenters. The van der Waals surface area contributed by atoms with Crippen molar-refractivity contribution < 1.29 is 19.4 Å². The third-order valence-electron chi connectivity index (χ3n) is 4.38. The Kier molecular flexibility index (Phi) is 7.20. The molecule has 0 saturated heterocycles. The molecule has 32 heavy (non-hydrogen) atoms. The average Bonchev–Trinajstić information content (AvgIpc) is 2.79. The molecule has 0 bridgehead atoms. The molecule has 0 aliphatic carbocycles. The summed E-state index contributed by atoms with van der Waals surface area (Å²) in [5.74, 6) is -0.0405. The van der Waals surface area contributed by atoms with Crippen molar-refractivity contribution in [3.8, 4) is 5.75 Å². The zero-order valence-electron chi connectivity index (χ0n) is 16.7. The number of hydrazone groups is 1. The van der Waals surface area contributed by atoms with Crippen molar-refractivity contribution in [3.05, 3.63) is 110 Å². The van der Waals surface area contributed by atoms with Gasteiger partial charge in [-0.1, -0.05) is 42.5 Å². The number of benzene rings is 3. The third-order valence-corrected chi connectivity index (χ3v) is 4.38. The fourth-order valence-electron chi connectivity index (χ4n) is 2.83. The number of nitrogens with one attached hydrogen (secondary N) is 1. The number of ether oxygens (including phenoxy) is 1. The standard InChI is InChI=1S/C22H18N4O6/c27-22(12-17-10-11-19(25(28)29)13-20(17)26(30)31)24-23-14-18-8-4-5-9-21(18)32-15-16-6-2-1-3-7-16/h1-11,13-14H,12,15H2,(H,24,27)/b23-14+. The van der Waals surface area contributed by atoms with E-state index in [1.54, 1.807) is 18.2 Å². The van der Waals surface area contributed by atoms with Gasteiger partial charge in [-0.05, 0) is 23.8 Å².